The fourth-order valence-corrected chi connectivity index (χ4v) is 3.36. The smallest absolute Gasteiger partial charge is 0.167 e. The lowest BCUT2D eigenvalue weighted by molar-refractivity contribution is 0.0990. The zero-order chi connectivity index (χ0) is 13.9. The van der Waals surface area contributed by atoms with Gasteiger partial charge in [-0.25, -0.2) is 4.39 Å². The minimum atomic E-state index is -0.289. The molecule has 2 aromatic carbocycles. The van der Waals surface area contributed by atoms with E-state index >= 15 is 0 Å². The van der Waals surface area contributed by atoms with E-state index in [1.807, 2.05) is 37.3 Å². The van der Waals surface area contributed by atoms with Gasteiger partial charge in [0.05, 0.1) is 0 Å². The normalized spacial score (nSPS) is 15.5. The molecule has 1 nitrogen and oxygen atoms in total. The summed E-state index contributed by atoms with van der Waals surface area (Å²) in [6.45, 7) is 1.88. The number of hydrogen-bond acceptors (Lipinski definition) is 1. The lowest BCUT2D eigenvalue weighted by Crippen LogP contribution is -2.12. The average Bonchev–Trinajstić information content (AvgIpc) is 2.77. The van der Waals surface area contributed by atoms with Crippen molar-refractivity contribution < 1.29 is 9.18 Å². The monoisotopic (exact) mass is 264 g/mol. The molecule has 0 atom stereocenters. The van der Waals surface area contributed by atoms with Gasteiger partial charge in [0.1, 0.15) is 5.82 Å². The predicted molar refractivity (Wildman–Crippen MR) is 77.2 cm³/mol. The second-order valence-electron chi connectivity index (χ2n) is 5.60. The largest absolute Gasteiger partial charge is 0.294 e. The van der Waals surface area contributed by atoms with Crippen molar-refractivity contribution in [3.05, 3.63) is 64.0 Å². The van der Waals surface area contributed by atoms with Crippen molar-refractivity contribution in [2.24, 2.45) is 0 Å². The first-order valence-corrected chi connectivity index (χ1v) is 6.79. The lowest BCUT2D eigenvalue weighted by Gasteiger charge is -2.17. The van der Waals surface area contributed by atoms with Gasteiger partial charge < -0.3 is 0 Å². The van der Waals surface area contributed by atoms with Gasteiger partial charge >= 0.3 is 0 Å². The van der Waals surface area contributed by atoms with Crippen LogP contribution in [-0.4, -0.2) is 5.78 Å². The fraction of sp³-hybridized carbons (Fsp3) is 0.167. The molecule has 0 aromatic heterocycles. The Labute approximate surface area is 116 Å². The van der Waals surface area contributed by atoms with Crippen LogP contribution in [0.15, 0.2) is 35.9 Å². The third-order valence-electron chi connectivity index (χ3n) is 4.21. The van der Waals surface area contributed by atoms with Crippen molar-refractivity contribution in [3.8, 4) is 11.1 Å². The van der Waals surface area contributed by atoms with Crippen LogP contribution >= 0.6 is 0 Å². The van der Waals surface area contributed by atoms with Crippen LogP contribution in [0.5, 0.6) is 0 Å². The second kappa shape index (κ2) is 3.89. The van der Waals surface area contributed by atoms with Gasteiger partial charge in [0, 0.05) is 17.5 Å². The molecule has 0 N–H and O–H groups in total. The molecule has 0 saturated heterocycles. The number of carbonyl (C=O) groups excluding carboxylic acids is 1. The first-order chi connectivity index (χ1) is 9.65. The number of carbonyl (C=O) groups is 1. The van der Waals surface area contributed by atoms with E-state index in [2.05, 4.69) is 0 Å². The maximum atomic E-state index is 14.4. The summed E-state index contributed by atoms with van der Waals surface area (Å²) in [7, 11) is 0. The molecule has 0 unspecified atom stereocenters. The Kier molecular flexibility index (Phi) is 2.25. The molecule has 20 heavy (non-hydrogen) atoms. The molecule has 0 saturated carbocycles. The van der Waals surface area contributed by atoms with Crippen LogP contribution in [0, 0.1) is 5.82 Å². The summed E-state index contributed by atoms with van der Waals surface area (Å²) in [6.07, 6.45) is 2.95. The van der Waals surface area contributed by atoms with E-state index in [9.17, 15) is 9.18 Å². The number of halogens is 1. The third kappa shape index (κ3) is 1.45. The fourth-order valence-electron chi connectivity index (χ4n) is 3.36. The van der Waals surface area contributed by atoms with Crippen LogP contribution in [0.25, 0.3) is 17.2 Å². The SMILES string of the molecule is CC1=Cc2c(F)cc3c(c2C(=O)C1)Cc1ccccc1-3. The molecule has 0 aliphatic heterocycles. The predicted octanol–water partition coefficient (Wildman–Crippen LogP) is 4.39. The van der Waals surface area contributed by atoms with E-state index in [4.69, 9.17) is 0 Å². The Morgan fingerprint density at radius 1 is 1.10 bits per heavy atom. The van der Waals surface area contributed by atoms with Gasteiger partial charge in [-0.05, 0) is 41.7 Å². The van der Waals surface area contributed by atoms with Crippen LogP contribution in [0.3, 0.4) is 0 Å². The van der Waals surface area contributed by atoms with E-state index in [1.165, 1.54) is 5.56 Å². The molecular formula is C18H13FO. The molecule has 98 valence electrons. The zero-order valence-corrected chi connectivity index (χ0v) is 11.2. The molecule has 2 aliphatic rings. The van der Waals surface area contributed by atoms with Crippen LogP contribution in [0.2, 0.25) is 0 Å². The van der Waals surface area contributed by atoms with Gasteiger partial charge in [-0.2, -0.15) is 0 Å². The highest BCUT2D eigenvalue weighted by atomic mass is 19.1. The molecule has 2 aromatic rings. The summed E-state index contributed by atoms with van der Waals surface area (Å²) < 4.78 is 14.4. The Morgan fingerprint density at radius 3 is 2.75 bits per heavy atom. The third-order valence-corrected chi connectivity index (χ3v) is 4.21. The lowest BCUT2D eigenvalue weighted by atomic mass is 9.86. The van der Waals surface area contributed by atoms with E-state index in [0.717, 1.165) is 28.7 Å². The maximum absolute atomic E-state index is 14.4. The van der Waals surface area contributed by atoms with Crippen LogP contribution in [0.1, 0.15) is 40.4 Å². The van der Waals surface area contributed by atoms with Gasteiger partial charge in [0.15, 0.2) is 5.78 Å². The highest BCUT2D eigenvalue weighted by Gasteiger charge is 2.29. The van der Waals surface area contributed by atoms with Crippen molar-refractivity contribution in [1.29, 1.82) is 0 Å². The Hall–Kier alpha value is -2.22. The molecule has 0 radical (unpaired) electrons. The zero-order valence-electron chi connectivity index (χ0n) is 11.2. The van der Waals surface area contributed by atoms with Crippen LogP contribution in [0.4, 0.5) is 4.39 Å². The van der Waals surface area contributed by atoms with Gasteiger partial charge in [-0.3, -0.25) is 4.79 Å². The summed E-state index contributed by atoms with van der Waals surface area (Å²) >= 11 is 0. The molecule has 2 heteroatoms. The first kappa shape index (κ1) is 11.6. The topological polar surface area (TPSA) is 17.1 Å². The standard InChI is InChI=1S/C18H13FO/c1-10-6-15-16(19)9-13-12-5-3-2-4-11(12)8-14(13)18(15)17(20)7-10/h2-6,9H,7-8H2,1H3. The Morgan fingerprint density at radius 2 is 1.90 bits per heavy atom. The number of benzene rings is 2. The molecule has 0 spiro atoms. The Balaban J connectivity index is 2.06. The highest BCUT2D eigenvalue weighted by Crippen LogP contribution is 2.42. The quantitative estimate of drug-likeness (QED) is 0.588. The van der Waals surface area contributed by atoms with E-state index < -0.39 is 0 Å². The van der Waals surface area contributed by atoms with E-state index in [1.54, 1.807) is 6.07 Å². The summed E-state index contributed by atoms with van der Waals surface area (Å²) in [5.41, 5.74) is 6.12. The number of allylic oxidation sites excluding steroid dienone is 1. The van der Waals surface area contributed by atoms with Crippen molar-refractivity contribution >= 4 is 11.9 Å². The van der Waals surface area contributed by atoms with E-state index in [-0.39, 0.29) is 11.6 Å². The summed E-state index contributed by atoms with van der Waals surface area (Å²) in [5, 5.41) is 0. The summed E-state index contributed by atoms with van der Waals surface area (Å²) in [6, 6.07) is 9.58. The molecule has 0 amide bonds. The van der Waals surface area contributed by atoms with E-state index in [0.29, 0.717) is 17.5 Å². The molecule has 0 heterocycles. The summed E-state index contributed by atoms with van der Waals surface area (Å²) in [5.74, 6) is -0.244. The van der Waals surface area contributed by atoms with Crippen LogP contribution in [-0.2, 0) is 6.42 Å². The molecule has 2 aliphatic carbocycles. The number of hydrogen-bond donors (Lipinski definition) is 0. The minimum absolute atomic E-state index is 0.0450. The van der Waals surface area contributed by atoms with Gasteiger partial charge in [0.25, 0.3) is 0 Å². The number of rotatable bonds is 0. The van der Waals surface area contributed by atoms with Crippen LogP contribution < -0.4 is 0 Å². The summed E-state index contributed by atoms with van der Waals surface area (Å²) in [4.78, 5) is 12.4. The number of ketones is 1. The highest BCUT2D eigenvalue weighted by molar-refractivity contribution is 6.07. The minimum Gasteiger partial charge on any atom is -0.294 e. The van der Waals surface area contributed by atoms with Gasteiger partial charge in [-0.15, -0.1) is 0 Å². The van der Waals surface area contributed by atoms with Gasteiger partial charge in [-0.1, -0.05) is 35.9 Å². The van der Waals surface area contributed by atoms with Crippen molar-refractivity contribution in [2.45, 2.75) is 19.8 Å². The maximum Gasteiger partial charge on any atom is 0.167 e. The first-order valence-electron chi connectivity index (χ1n) is 6.79. The van der Waals surface area contributed by atoms with Crippen molar-refractivity contribution in [1.82, 2.24) is 0 Å². The van der Waals surface area contributed by atoms with Gasteiger partial charge in [0.2, 0.25) is 0 Å². The molecule has 0 bridgehead atoms. The number of Topliss-reactive ketones (excluding diaryl/α,β-unsaturated/α-hetero) is 1. The Bertz CT molecular complexity index is 799. The number of fused-ring (bicyclic) bond motifs is 5. The van der Waals surface area contributed by atoms with Crippen molar-refractivity contribution in [3.63, 3.8) is 0 Å². The molecular weight excluding hydrogens is 251 g/mol. The second-order valence-corrected chi connectivity index (χ2v) is 5.60. The van der Waals surface area contributed by atoms with Crippen molar-refractivity contribution in [2.75, 3.05) is 0 Å². The molecule has 0 fully saturated rings. The molecule has 4 rings (SSSR count). The average molecular weight is 264 g/mol.